The molecule has 2 atom stereocenters. The summed E-state index contributed by atoms with van der Waals surface area (Å²) >= 11 is 0. The van der Waals surface area contributed by atoms with Crippen LogP contribution in [0.1, 0.15) is 40.7 Å². The summed E-state index contributed by atoms with van der Waals surface area (Å²) < 4.78 is 6.30. The molecule has 178 valence electrons. The Balaban J connectivity index is 1.10. The van der Waals surface area contributed by atoms with Crippen LogP contribution in [0.25, 0.3) is 10.9 Å². The number of benzene rings is 2. The summed E-state index contributed by atoms with van der Waals surface area (Å²) in [5.74, 6) is -0.110. The van der Waals surface area contributed by atoms with Crippen molar-refractivity contribution >= 4 is 28.6 Å². The summed E-state index contributed by atoms with van der Waals surface area (Å²) in [5, 5.41) is 3.52. The van der Waals surface area contributed by atoms with Gasteiger partial charge in [0.1, 0.15) is 17.9 Å². The third-order valence-corrected chi connectivity index (χ3v) is 7.16. The number of piperidine rings is 1. The fraction of sp³-hybridized carbons (Fsp3) is 0.333. The summed E-state index contributed by atoms with van der Waals surface area (Å²) in [4.78, 5) is 45.0. The van der Waals surface area contributed by atoms with E-state index in [0.29, 0.717) is 18.5 Å². The third kappa shape index (κ3) is 4.14. The maximum absolute atomic E-state index is 12.9. The van der Waals surface area contributed by atoms with E-state index in [4.69, 9.17) is 4.74 Å². The van der Waals surface area contributed by atoms with Crippen LogP contribution >= 0.6 is 0 Å². The van der Waals surface area contributed by atoms with Gasteiger partial charge in [0.05, 0.1) is 5.52 Å². The Hall–Kier alpha value is -3.78. The van der Waals surface area contributed by atoms with Gasteiger partial charge in [-0.1, -0.05) is 18.2 Å². The fourth-order valence-electron chi connectivity index (χ4n) is 5.39. The van der Waals surface area contributed by atoms with Gasteiger partial charge in [-0.3, -0.25) is 29.6 Å². The lowest BCUT2D eigenvalue weighted by Crippen LogP contribution is -2.52. The molecule has 6 rings (SSSR count). The Morgan fingerprint density at radius 3 is 2.83 bits per heavy atom. The summed E-state index contributed by atoms with van der Waals surface area (Å²) in [6, 6.07) is 15.2. The number of fused-ring (bicyclic) bond motifs is 2. The molecule has 8 nitrogen and oxygen atoms in total. The van der Waals surface area contributed by atoms with Gasteiger partial charge in [-0.2, -0.15) is 0 Å². The first-order chi connectivity index (χ1) is 17.0. The molecule has 4 heterocycles. The standard InChI is InChI=1S/C27H26N4O4/c32-25-8-7-24(26(33)29-25)31-15-18-13-19(5-6-22(18)27(31)34)35-20-10-12-30(16-20)14-17-9-11-28-23-4-2-1-3-21(17)23/h1-6,9,11,13,20,24H,7-8,10,12,14-16H2,(H,29,32,33)/t20-,24?/m0/s1. The lowest BCUT2D eigenvalue weighted by molar-refractivity contribution is -0.136. The van der Waals surface area contributed by atoms with Crippen molar-refractivity contribution in [1.82, 2.24) is 20.1 Å². The minimum atomic E-state index is -0.607. The molecule has 0 radical (unpaired) electrons. The van der Waals surface area contributed by atoms with Gasteiger partial charge in [0, 0.05) is 49.7 Å². The van der Waals surface area contributed by atoms with Gasteiger partial charge in [0.2, 0.25) is 11.8 Å². The number of carbonyl (C=O) groups excluding carboxylic acids is 3. The summed E-state index contributed by atoms with van der Waals surface area (Å²) in [7, 11) is 0. The Bertz CT molecular complexity index is 1330. The molecule has 2 saturated heterocycles. The van der Waals surface area contributed by atoms with E-state index < -0.39 is 11.9 Å². The minimum absolute atomic E-state index is 0.0736. The van der Waals surface area contributed by atoms with Crippen molar-refractivity contribution in [3.8, 4) is 5.75 Å². The van der Waals surface area contributed by atoms with Gasteiger partial charge in [-0.25, -0.2) is 0 Å². The number of imide groups is 1. The number of likely N-dealkylation sites (tertiary alicyclic amines) is 1. The average molecular weight is 471 g/mol. The highest BCUT2D eigenvalue weighted by molar-refractivity contribution is 6.05. The molecule has 3 aliphatic rings. The quantitative estimate of drug-likeness (QED) is 0.577. The van der Waals surface area contributed by atoms with Crippen molar-refractivity contribution in [2.45, 2.75) is 44.5 Å². The lowest BCUT2D eigenvalue weighted by Gasteiger charge is -2.29. The number of pyridine rings is 1. The first-order valence-electron chi connectivity index (χ1n) is 12.0. The molecule has 8 heteroatoms. The number of ether oxygens (including phenoxy) is 1. The summed E-state index contributed by atoms with van der Waals surface area (Å²) in [5.41, 5.74) is 3.73. The van der Waals surface area contributed by atoms with Crippen LogP contribution in [-0.2, 0) is 22.7 Å². The highest BCUT2D eigenvalue weighted by atomic mass is 16.5. The van der Waals surface area contributed by atoms with Gasteiger partial charge in [0.15, 0.2) is 0 Å². The monoisotopic (exact) mass is 470 g/mol. The van der Waals surface area contributed by atoms with E-state index in [1.165, 1.54) is 10.9 Å². The fourth-order valence-corrected chi connectivity index (χ4v) is 5.39. The second-order valence-electron chi connectivity index (χ2n) is 9.47. The van der Waals surface area contributed by atoms with Crippen molar-refractivity contribution in [2.75, 3.05) is 13.1 Å². The zero-order valence-corrected chi connectivity index (χ0v) is 19.3. The topological polar surface area (TPSA) is 91.8 Å². The van der Waals surface area contributed by atoms with E-state index in [9.17, 15) is 14.4 Å². The van der Waals surface area contributed by atoms with Gasteiger partial charge in [0.25, 0.3) is 5.91 Å². The van der Waals surface area contributed by atoms with Gasteiger partial charge >= 0.3 is 0 Å². The molecule has 35 heavy (non-hydrogen) atoms. The average Bonchev–Trinajstić information content (AvgIpc) is 3.43. The van der Waals surface area contributed by atoms with Crippen LogP contribution < -0.4 is 10.1 Å². The highest BCUT2D eigenvalue weighted by Crippen LogP contribution is 2.31. The number of amides is 3. The SMILES string of the molecule is O=C1CCC(N2Cc3cc(O[C@H]4CCN(Cc5ccnc6ccccc56)C4)ccc3C2=O)C(=O)N1. The number of rotatable bonds is 5. The maximum atomic E-state index is 12.9. The van der Waals surface area contributed by atoms with Crippen LogP contribution in [0.5, 0.6) is 5.75 Å². The second-order valence-corrected chi connectivity index (χ2v) is 9.47. The zero-order chi connectivity index (χ0) is 23.9. The molecular formula is C27H26N4O4. The minimum Gasteiger partial charge on any atom is -0.489 e. The molecule has 3 amide bonds. The van der Waals surface area contributed by atoms with E-state index >= 15 is 0 Å². The summed E-state index contributed by atoms with van der Waals surface area (Å²) in [6.45, 7) is 2.98. The van der Waals surface area contributed by atoms with Crippen LogP contribution in [0.15, 0.2) is 54.7 Å². The van der Waals surface area contributed by atoms with Crippen LogP contribution in [0.2, 0.25) is 0 Å². The Morgan fingerprint density at radius 2 is 1.94 bits per heavy atom. The number of hydrogen-bond acceptors (Lipinski definition) is 6. The number of hydrogen-bond donors (Lipinski definition) is 1. The molecule has 1 N–H and O–H groups in total. The van der Waals surface area contributed by atoms with E-state index in [-0.39, 0.29) is 24.3 Å². The summed E-state index contributed by atoms with van der Waals surface area (Å²) in [6.07, 6.45) is 3.48. The van der Waals surface area contributed by atoms with Gasteiger partial charge in [-0.15, -0.1) is 0 Å². The normalized spacial score (nSPS) is 22.5. The van der Waals surface area contributed by atoms with Gasteiger partial charge in [-0.05, 0) is 54.3 Å². The maximum Gasteiger partial charge on any atom is 0.255 e. The Labute approximate surface area is 202 Å². The number of nitrogens with one attached hydrogen (secondary N) is 1. The predicted molar refractivity (Wildman–Crippen MR) is 129 cm³/mol. The molecule has 0 spiro atoms. The van der Waals surface area contributed by atoms with Crippen molar-refractivity contribution in [3.05, 3.63) is 71.4 Å². The first-order valence-corrected chi connectivity index (χ1v) is 12.0. The molecule has 0 saturated carbocycles. The number of aromatic nitrogens is 1. The second kappa shape index (κ2) is 8.78. The zero-order valence-electron chi connectivity index (χ0n) is 19.3. The molecule has 1 aromatic heterocycles. The van der Waals surface area contributed by atoms with E-state index in [1.54, 1.807) is 11.0 Å². The third-order valence-electron chi connectivity index (χ3n) is 7.16. The molecule has 1 unspecified atom stereocenters. The molecule has 0 aliphatic carbocycles. The molecule has 3 aromatic rings. The highest BCUT2D eigenvalue weighted by Gasteiger charge is 2.39. The van der Waals surface area contributed by atoms with E-state index in [0.717, 1.165) is 42.9 Å². The van der Waals surface area contributed by atoms with E-state index in [1.807, 2.05) is 36.5 Å². The molecule has 2 fully saturated rings. The first kappa shape index (κ1) is 21.7. The van der Waals surface area contributed by atoms with Crippen molar-refractivity contribution in [2.24, 2.45) is 0 Å². The number of carbonyl (C=O) groups is 3. The van der Waals surface area contributed by atoms with Crippen molar-refractivity contribution in [3.63, 3.8) is 0 Å². The molecule has 0 bridgehead atoms. The lowest BCUT2D eigenvalue weighted by atomic mass is 10.0. The van der Waals surface area contributed by atoms with E-state index in [2.05, 4.69) is 27.3 Å². The van der Waals surface area contributed by atoms with Crippen LogP contribution in [0, 0.1) is 0 Å². The van der Waals surface area contributed by atoms with Crippen LogP contribution in [0.3, 0.4) is 0 Å². The smallest absolute Gasteiger partial charge is 0.255 e. The number of nitrogens with zero attached hydrogens (tertiary/aromatic N) is 3. The molecule has 3 aliphatic heterocycles. The van der Waals surface area contributed by atoms with Crippen molar-refractivity contribution in [1.29, 1.82) is 0 Å². The number of para-hydroxylation sites is 1. The largest absolute Gasteiger partial charge is 0.489 e. The van der Waals surface area contributed by atoms with Gasteiger partial charge < -0.3 is 9.64 Å². The van der Waals surface area contributed by atoms with Crippen LogP contribution in [-0.4, -0.2) is 57.7 Å². The molecular weight excluding hydrogens is 444 g/mol. The molecule has 2 aromatic carbocycles. The predicted octanol–water partition coefficient (Wildman–Crippen LogP) is 2.65. The Morgan fingerprint density at radius 1 is 1.06 bits per heavy atom. The van der Waals surface area contributed by atoms with Crippen molar-refractivity contribution < 1.29 is 19.1 Å². The Kier molecular flexibility index (Phi) is 5.45. The van der Waals surface area contributed by atoms with Crippen LogP contribution in [0.4, 0.5) is 0 Å².